The van der Waals surface area contributed by atoms with Gasteiger partial charge in [-0.3, -0.25) is 10.00 Å². The molecule has 2 atom stereocenters. The third-order valence-electron chi connectivity index (χ3n) is 3.91. The first-order chi connectivity index (χ1) is 11.6. The Morgan fingerprint density at radius 3 is 2.75 bits per heavy atom. The van der Waals surface area contributed by atoms with Gasteiger partial charge in [0.25, 0.3) is 0 Å². The van der Waals surface area contributed by atoms with Gasteiger partial charge in [-0.15, -0.1) is 0 Å². The number of H-pyrrole nitrogens is 1. The number of hydrogen-bond donors (Lipinski definition) is 3. The summed E-state index contributed by atoms with van der Waals surface area (Å²) in [6.45, 7) is 6.73. The van der Waals surface area contributed by atoms with Gasteiger partial charge < -0.3 is 15.4 Å². The fourth-order valence-electron chi connectivity index (χ4n) is 3.04. The molecule has 1 aromatic carbocycles. The second-order valence-corrected chi connectivity index (χ2v) is 6.17. The maximum Gasteiger partial charge on any atom is 0.323 e. The lowest BCUT2D eigenvalue weighted by Gasteiger charge is -2.35. The number of aromatic amines is 1. The molecule has 7 nitrogen and oxygen atoms in total. The maximum atomic E-state index is 12.1. The summed E-state index contributed by atoms with van der Waals surface area (Å²) >= 11 is 0. The molecule has 2 amide bonds. The summed E-state index contributed by atoms with van der Waals surface area (Å²) in [5, 5.41) is 12.1. The van der Waals surface area contributed by atoms with Gasteiger partial charge in [-0.05, 0) is 25.5 Å². The predicted molar refractivity (Wildman–Crippen MR) is 93.0 cm³/mol. The summed E-state index contributed by atoms with van der Waals surface area (Å²) in [5.74, 6) is 0. The van der Waals surface area contributed by atoms with Crippen LogP contribution in [0.3, 0.4) is 0 Å². The highest BCUT2D eigenvalue weighted by Gasteiger charge is 2.22. The summed E-state index contributed by atoms with van der Waals surface area (Å²) in [6, 6.07) is 7.58. The predicted octanol–water partition coefficient (Wildman–Crippen LogP) is 2.66. The van der Waals surface area contributed by atoms with E-state index in [9.17, 15) is 4.79 Å². The first-order valence-electron chi connectivity index (χ1n) is 8.12. The number of carbonyl (C=O) groups excluding carboxylic acids is 1. The largest absolute Gasteiger partial charge is 0.373 e. The molecule has 0 unspecified atom stereocenters. The number of benzene rings is 1. The number of nitrogens with one attached hydrogen (secondary N) is 3. The number of morpholine rings is 1. The SMILES string of the molecule is C[C@H]1CN(Cc2ccccc2NC(=O)Nc2cn[nH]c2)C[C@H](C)O1. The number of hydrogen-bond acceptors (Lipinski definition) is 4. The normalized spacial score (nSPS) is 21.4. The van der Waals surface area contributed by atoms with Crippen molar-refractivity contribution < 1.29 is 9.53 Å². The molecule has 3 rings (SSSR count). The molecular formula is C17H23N5O2. The Kier molecular flexibility index (Phi) is 5.12. The Labute approximate surface area is 141 Å². The van der Waals surface area contributed by atoms with Gasteiger partial charge in [-0.2, -0.15) is 5.10 Å². The van der Waals surface area contributed by atoms with Gasteiger partial charge in [0.05, 0.1) is 24.1 Å². The molecule has 7 heteroatoms. The topological polar surface area (TPSA) is 82.3 Å². The van der Waals surface area contributed by atoms with Crippen LogP contribution in [0.1, 0.15) is 19.4 Å². The van der Waals surface area contributed by atoms with Crippen LogP contribution in [0.25, 0.3) is 0 Å². The van der Waals surface area contributed by atoms with E-state index in [2.05, 4.69) is 39.6 Å². The molecule has 1 aliphatic heterocycles. The highest BCUT2D eigenvalue weighted by molar-refractivity contribution is 6.00. The zero-order valence-corrected chi connectivity index (χ0v) is 14.0. The molecule has 2 heterocycles. The summed E-state index contributed by atoms with van der Waals surface area (Å²) in [6.07, 6.45) is 3.63. The summed E-state index contributed by atoms with van der Waals surface area (Å²) < 4.78 is 5.78. The van der Waals surface area contributed by atoms with Gasteiger partial charge in [0.15, 0.2) is 0 Å². The molecule has 2 aromatic rings. The number of urea groups is 1. The van der Waals surface area contributed by atoms with Crippen LogP contribution < -0.4 is 10.6 Å². The van der Waals surface area contributed by atoms with Crippen LogP contribution in [0.2, 0.25) is 0 Å². The lowest BCUT2D eigenvalue weighted by Crippen LogP contribution is -2.44. The Morgan fingerprint density at radius 2 is 2.04 bits per heavy atom. The molecular weight excluding hydrogens is 306 g/mol. The molecule has 0 radical (unpaired) electrons. The second kappa shape index (κ2) is 7.46. The van der Waals surface area contributed by atoms with Crippen LogP contribution in [-0.4, -0.2) is 46.4 Å². The number of amides is 2. The standard InChI is InChI=1S/C17H23N5O2/c1-12-9-22(10-13(2)24-12)11-14-5-3-4-6-16(14)21-17(23)20-15-7-18-19-8-15/h3-8,12-13H,9-11H2,1-2H3,(H,18,19)(H2,20,21,23)/t12-,13-/m0/s1. The number of ether oxygens (including phenoxy) is 1. The van der Waals surface area contributed by atoms with Gasteiger partial charge >= 0.3 is 6.03 Å². The van der Waals surface area contributed by atoms with E-state index in [0.717, 1.165) is 30.9 Å². The molecule has 3 N–H and O–H groups in total. The van der Waals surface area contributed by atoms with Gasteiger partial charge in [-0.25, -0.2) is 4.79 Å². The highest BCUT2D eigenvalue weighted by Crippen LogP contribution is 2.20. The van der Waals surface area contributed by atoms with Crippen LogP contribution in [0.5, 0.6) is 0 Å². The van der Waals surface area contributed by atoms with Crippen LogP contribution >= 0.6 is 0 Å². The van der Waals surface area contributed by atoms with Crippen LogP contribution in [-0.2, 0) is 11.3 Å². The smallest absolute Gasteiger partial charge is 0.323 e. The fourth-order valence-corrected chi connectivity index (χ4v) is 3.04. The minimum absolute atomic E-state index is 0.221. The molecule has 1 aromatic heterocycles. The van der Waals surface area contributed by atoms with Crippen molar-refractivity contribution in [2.24, 2.45) is 0 Å². The van der Waals surface area contributed by atoms with Gasteiger partial charge in [0, 0.05) is 31.5 Å². The van der Waals surface area contributed by atoms with Crippen LogP contribution in [0.15, 0.2) is 36.7 Å². The molecule has 128 valence electrons. The first kappa shape index (κ1) is 16.5. The quantitative estimate of drug-likeness (QED) is 0.805. The van der Waals surface area contributed by atoms with Gasteiger partial charge in [-0.1, -0.05) is 18.2 Å². The Hall–Kier alpha value is -2.38. The van der Waals surface area contributed by atoms with E-state index in [0.29, 0.717) is 5.69 Å². The number of rotatable bonds is 4. The van der Waals surface area contributed by atoms with E-state index >= 15 is 0 Å². The molecule has 1 fully saturated rings. The van der Waals surface area contributed by atoms with Crippen molar-refractivity contribution in [1.82, 2.24) is 15.1 Å². The van der Waals surface area contributed by atoms with E-state index in [4.69, 9.17) is 4.74 Å². The fraction of sp³-hybridized carbons (Fsp3) is 0.412. The van der Waals surface area contributed by atoms with E-state index in [1.54, 1.807) is 12.4 Å². The van der Waals surface area contributed by atoms with Gasteiger partial charge in [0.2, 0.25) is 0 Å². The average molecular weight is 329 g/mol. The third-order valence-corrected chi connectivity index (χ3v) is 3.91. The molecule has 24 heavy (non-hydrogen) atoms. The maximum absolute atomic E-state index is 12.1. The number of anilines is 2. The van der Waals surface area contributed by atoms with Crippen molar-refractivity contribution in [1.29, 1.82) is 0 Å². The first-order valence-corrected chi connectivity index (χ1v) is 8.12. The van der Waals surface area contributed by atoms with E-state index in [-0.39, 0.29) is 18.2 Å². The molecule has 0 spiro atoms. The minimum atomic E-state index is -0.285. The zero-order valence-electron chi connectivity index (χ0n) is 14.0. The number of carbonyl (C=O) groups is 1. The molecule has 1 aliphatic rings. The number of para-hydroxylation sites is 1. The molecule has 0 saturated carbocycles. The summed E-state index contributed by atoms with van der Waals surface area (Å²) in [7, 11) is 0. The van der Waals surface area contributed by atoms with Crippen LogP contribution in [0.4, 0.5) is 16.2 Å². The Morgan fingerprint density at radius 1 is 1.29 bits per heavy atom. The average Bonchev–Trinajstić information content (AvgIpc) is 3.01. The van der Waals surface area contributed by atoms with Crippen molar-refractivity contribution in [3.05, 3.63) is 42.2 Å². The second-order valence-electron chi connectivity index (χ2n) is 6.17. The molecule has 1 saturated heterocycles. The van der Waals surface area contributed by atoms with E-state index < -0.39 is 0 Å². The van der Waals surface area contributed by atoms with Crippen molar-refractivity contribution in [3.63, 3.8) is 0 Å². The van der Waals surface area contributed by atoms with E-state index in [1.165, 1.54) is 0 Å². The third kappa shape index (κ3) is 4.33. The Bertz CT molecular complexity index is 663. The van der Waals surface area contributed by atoms with Crippen molar-refractivity contribution in [2.75, 3.05) is 23.7 Å². The Balaban J connectivity index is 1.65. The lowest BCUT2D eigenvalue weighted by atomic mass is 10.1. The number of aromatic nitrogens is 2. The lowest BCUT2D eigenvalue weighted by molar-refractivity contribution is -0.0704. The monoisotopic (exact) mass is 329 g/mol. The zero-order chi connectivity index (χ0) is 16.9. The van der Waals surface area contributed by atoms with Crippen molar-refractivity contribution in [2.45, 2.75) is 32.6 Å². The number of nitrogens with zero attached hydrogens (tertiary/aromatic N) is 2. The molecule has 0 bridgehead atoms. The summed E-state index contributed by atoms with van der Waals surface area (Å²) in [5.41, 5.74) is 2.52. The van der Waals surface area contributed by atoms with Gasteiger partial charge in [0.1, 0.15) is 0 Å². The van der Waals surface area contributed by atoms with Crippen molar-refractivity contribution in [3.8, 4) is 0 Å². The van der Waals surface area contributed by atoms with Crippen molar-refractivity contribution >= 4 is 17.4 Å². The minimum Gasteiger partial charge on any atom is -0.373 e. The van der Waals surface area contributed by atoms with Crippen LogP contribution in [0, 0.1) is 0 Å². The van der Waals surface area contributed by atoms with E-state index in [1.807, 2.05) is 24.3 Å². The summed E-state index contributed by atoms with van der Waals surface area (Å²) in [4.78, 5) is 14.5. The molecule has 0 aliphatic carbocycles. The highest BCUT2D eigenvalue weighted by atomic mass is 16.5.